The molecule has 5 heteroatoms. The highest BCUT2D eigenvalue weighted by molar-refractivity contribution is 7.48. The van der Waals surface area contributed by atoms with E-state index in [9.17, 15) is 9.46 Å². The van der Waals surface area contributed by atoms with Gasteiger partial charge in [0.1, 0.15) is 11.5 Å². The van der Waals surface area contributed by atoms with Gasteiger partial charge in [-0.2, -0.15) is 0 Å². The molecule has 8 aromatic carbocycles. The summed E-state index contributed by atoms with van der Waals surface area (Å²) in [6, 6.07) is 57.1. The van der Waals surface area contributed by atoms with Crippen molar-refractivity contribution in [3.8, 4) is 67.1 Å². The van der Waals surface area contributed by atoms with Crippen molar-refractivity contribution in [1.29, 1.82) is 0 Å². The van der Waals surface area contributed by atoms with Gasteiger partial charge in [0.25, 0.3) is 0 Å². The Morgan fingerprint density at radius 3 is 1.12 bits per heavy atom. The van der Waals surface area contributed by atoms with Crippen molar-refractivity contribution in [1.82, 2.24) is 0 Å². The molecule has 4 nitrogen and oxygen atoms in total. The van der Waals surface area contributed by atoms with Crippen molar-refractivity contribution < 1.29 is 18.5 Å². The van der Waals surface area contributed by atoms with Gasteiger partial charge < -0.3 is 9.05 Å². The van der Waals surface area contributed by atoms with Crippen LogP contribution in [-0.4, -0.2) is 4.89 Å². The minimum absolute atomic E-state index is 0.317. The number of phosphoric ester groups is 1. The van der Waals surface area contributed by atoms with Crippen molar-refractivity contribution in [3.63, 3.8) is 0 Å². The molecule has 0 amide bonds. The average molecular weight is 653 g/mol. The molecule has 234 valence electrons. The van der Waals surface area contributed by atoms with Gasteiger partial charge in [-0.15, -0.1) is 0 Å². The molecule has 0 aliphatic carbocycles. The van der Waals surface area contributed by atoms with E-state index >= 15 is 0 Å². The van der Waals surface area contributed by atoms with Gasteiger partial charge in [-0.05, 0) is 67.1 Å². The number of phosphoric acid groups is 1. The second-order valence-electron chi connectivity index (χ2n) is 12.2. The Bertz CT molecular complexity index is 2380. The van der Waals surface area contributed by atoms with Crippen LogP contribution in [0, 0.1) is 0 Å². The lowest BCUT2D eigenvalue weighted by Crippen LogP contribution is -2.00. The summed E-state index contributed by atoms with van der Waals surface area (Å²) in [5, 5.41) is 3.76. The van der Waals surface area contributed by atoms with Gasteiger partial charge in [0, 0.05) is 22.3 Å². The van der Waals surface area contributed by atoms with Crippen molar-refractivity contribution >= 4 is 29.4 Å². The number of rotatable bonds is 4. The lowest BCUT2D eigenvalue weighted by Gasteiger charge is -2.19. The molecule has 0 saturated heterocycles. The molecule has 0 saturated carbocycles. The van der Waals surface area contributed by atoms with E-state index in [1.165, 1.54) is 0 Å². The first-order chi connectivity index (χ1) is 24.0. The topological polar surface area (TPSA) is 55.8 Å². The Balaban J connectivity index is 1.32. The molecule has 1 N–H and O–H groups in total. The summed E-state index contributed by atoms with van der Waals surface area (Å²) in [6.45, 7) is 0. The fraction of sp³-hybridized carbons (Fsp3) is 0. The molecular formula is C44H29O4P. The van der Waals surface area contributed by atoms with Crippen LogP contribution in [0.3, 0.4) is 0 Å². The SMILES string of the molecule is O=P1(O)Oc2c(-c3ccc(-c4ccccc4)cc3)cc3ccccc3c2-c2c(c(-c3ccc(-c4ccccc4)cc3)cc3ccccc23)O1. The fourth-order valence-electron chi connectivity index (χ4n) is 6.97. The highest BCUT2D eigenvalue weighted by Gasteiger charge is 2.37. The molecule has 0 fully saturated rings. The van der Waals surface area contributed by atoms with Gasteiger partial charge in [0.15, 0.2) is 0 Å². The molecule has 8 aromatic rings. The zero-order chi connectivity index (χ0) is 33.0. The monoisotopic (exact) mass is 652 g/mol. The van der Waals surface area contributed by atoms with Crippen LogP contribution in [0.5, 0.6) is 11.5 Å². The van der Waals surface area contributed by atoms with Crippen LogP contribution in [-0.2, 0) is 4.57 Å². The maximum Gasteiger partial charge on any atom is 0.584 e. The van der Waals surface area contributed by atoms with E-state index in [-0.39, 0.29) is 0 Å². The average Bonchev–Trinajstić information content (AvgIpc) is 3.28. The minimum atomic E-state index is -4.66. The summed E-state index contributed by atoms with van der Waals surface area (Å²) in [4.78, 5) is 11.4. The third-order valence-electron chi connectivity index (χ3n) is 9.27. The van der Waals surface area contributed by atoms with Crippen molar-refractivity contribution in [3.05, 3.63) is 170 Å². The molecule has 1 aliphatic heterocycles. The van der Waals surface area contributed by atoms with Crippen LogP contribution in [0.25, 0.3) is 77.2 Å². The smallest absolute Gasteiger partial charge is 0.394 e. The molecule has 9 rings (SSSR count). The van der Waals surface area contributed by atoms with E-state index in [0.717, 1.165) is 66.1 Å². The van der Waals surface area contributed by atoms with Gasteiger partial charge >= 0.3 is 7.82 Å². The number of fused-ring (bicyclic) bond motifs is 7. The van der Waals surface area contributed by atoms with E-state index in [2.05, 4.69) is 60.7 Å². The first-order valence-electron chi connectivity index (χ1n) is 16.2. The Morgan fingerprint density at radius 2 is 0.714 bits per heavy atom. The molecule has 0 unspecified atom stereocenters. The van der Waals surface area contributed by atoms with Crippen LogP contribution < -0.4 is 9.05 Å². The predicted molar refractivity (Wildman–Crippen MR) is 200 cm³/mol. The van der Waals surface area contributed by atoms with E-state index < -0.39 is 7.82 Å². The minimum Gasteiger partial charge on any atom is -0.394 e. The molecule has 0 spiro atoms. The Morgan fingerprint density at radius 1 is 0.388 bits per heavy atom. The Kier molecular flexibility index (Phi) is 6.94. The summed E-state index contributed by atoms with van der Waals surface area (Å²) < 4.78 is 26.3. The van der Waals surface area contributed by atoms with Crippen LogP contribution in [0.2, 0.25) is 0 Å². The summed E-state index contributed by atoms with van der Waals surface area (Å²) in [7, 11) is -4.66. The summed E-state index contributed by atoms with van der Waals surface area (Å²) in [5.74, 6) is 0.634. The van der Waals surface area contributed by atoms with Crippen LogP contribution >= 0.6 is 7.82 Å². The molecule has 0 aromatic heterocycles. The van der Waals surface area contributed by atoms with Crippen LogP contribution in [0.1, 0.15) is 0 Å². The summed E-state index contributed by atoms with van der Waals surface area (Å²) in [6.07, 6.45) is 0. The third-order valence-corrected chi connectivity index (χ3v) is 10.1. The first-order valence-corrected chi connectivity index (χ1v) is 17.7. The quantitative estimate of drug-likeness (QED) is 0.192. The molecule has 0 atom stereocenters. The second kappa shape index (κ2) is 11.6. The molecule has 0 radical (unpaired) electrons. The normalized spacial score (nSPS) is 13.2. The maximum atomic E-state index is 14.0. The van der Waals surface area contributed by atoms with Gasteiger partial charge in [-0.25, -0.2) is 4.57 Å². The highest BCUT2D eigenvalue weighted by atomic mass is 31.2. The zero-order valence-corrected chi connectivity index (χ0v) is 27.2. The molecule has 0 bridgehead atoms. The molecular weight excluding hydrogens is 623 g/mol. The van der Waals surface area contributed by atoms with E-state index in [4.69, 9.17) is 9.05 Å². The highest BCUT2D eigenvalue weighted by Crippen LogP contribution is 2.61. The van der Waals surface area contributed by atoms with Gasteiger partial charge in [-0.3, -0.25) is 4.89 Å². The van der Waals surface area contributed by atoms with Gasteiger partial charge in [-0.1, -0.05) is 158 Å². The Labute approximate surface area is 284 Å². The number of hydrogen-bond donors (Lipinski definition) is 1. The third kappa shape index (κ3) is 5.19. The van der Waals surface area contributed by atoms with Gasteiger partial charge in [0.05, 0.1) is 0 Å². The lowest BCUT2D eigenvalue weighted by molar-refractivity contribution is 0.295. The van der Waals surface area contributed by atoms with Crippen LogP contribution in [0.4, 0.5) is 0 Å². The summed E-state index contributed by atoms with van der Waals surface area (Å²) >= 11 is 0. The zero-order valence-electron chi connectivity index (χ0n) is 26.3. The predicted octanol–water partition coefficient (Wildman–Crippen LogP) is 12.2. The second-order valence-corrected chi connectivity index (χ2v) is 13.5. The maximum absolute atomic E-state index is 14.0. The van der Waals surface area contributed by atoms with E-state index in [1.54, 1.807) is 0 Å². The van der Waals surface area contributed by atoms with Crippen LogP contribution in [0.15, 0.2) is 170 Å². The number of hydrogen-bond acceptors (Lipinski definition) is 3. The van der Waals surface area contributed by atoms with Gasteiger partial charge in [0.2, 0.25) is 0 Å². The van der Waals surface area contributed by atoms with Crippen molar-refractivity contribution in [2.45, 2.75) is 0 Å². The van der Waals surface area contributed by atoms with Crippen molar-refractivity contribution in [2.24, 2.45) is 0 Å². The summed E-state index contributed by atoms with van der Waals surface area (Å²) in [5.41, 5.74) is 8.97. The lowest BCUT2D eigenvalue weighted by atomic mass is 9.86. The largest absolute Gasteiger partial charge is 0.584 e. The first kappa shape index (κ1) is 29.2. The van der Waals surface area contributed by atoms with E-state index in [0.29, 0.717) is 22.6 Å². The molecule has 1 heterocycles. The molecule has 49 heavy (non-hydrogen) atoms. The number of benzene rings is 8. The van der Waals surface area contributed by atoms with Crippen molar-refractivity contribution in [2.75, 3.05) is 0 Å². The Hall–Kier alpha value is -5.93. The standard InChI is InChI=1S/C44H29O4P/c45-49(46)47-43-39(33-23-19-31(20-24-33)29-11-3-1-4-12-29)27-35-15-7-9-17-37(35)41(43)42-38-18-10-8-16-36(38)28-40(44(42)48-49)34-25-21-32(22-26-34)30-13-5-2-6-14-30/h1-28H,(H,45,46). The fourth-order valence-corrected chi connectivity index (χ4v) is 7.85. The van der Waals surface area contributed by atoms with E-state index in [1.807, 2.05) is 109 Å². The molecule has 1 aliphatic rings.